The second-order valence-electron chi connectivity index (χ2n) is 4.69. The first-order chi connectivity index (χ1) is 11.6. The summed E-state index contributed by atoms with van der Waals surface area (Å²) in [5.74, 6) is -1.33. The second-order valence-corrected chi connectivity index (χ2v) is 6.51. The van der Waals surface area contributed by atoms with Crippen molar-refractivity contribution in [2.24, 2.45) is 0 Å². The van der Waals surface area contributed by atoms with E-state index in [0.717, 1.165) is 31.3 Å². The normalized spacial score (nSPS) is 12.0. The number of carbonyl (C=O) groups is 1. The van der Waals surface area contributed by atoms with E-state index in [1.165, 1.54) is 7.11 Å². The van der Waals surface area contributed by atoms with Crippen LogP contribution in [0.25, 0.3) is 0 Å². The van der Waals surface area contributed by atoms with Crippen LogP contribution in [0.3, 0.4) is 0 Å². The molecule has 0 saturated carbocycles. The molecule has 1 amide bonds. The lowest BCUT2D eigenvalue weighted by atomic mass is 10.1. The summed E-state index contributed by atoms with van der Waals surface area (Å²) in [6.45, 7) is 0. The van der Waals surface area contributed by atoms with E-state index < -0.39 is 38.5 Å². The van der Waals surface area contributed by atoms with Gasteiger partial charge < -0.3 is 14.5 Å². The van der Waals surface area contributed by atoms with Crippen molar-refractivity contribution in [1.82, 2.24) is 4.72 Å². The summed E-state index contributed by atoms with van der Waals surface area (Å²) >= 11 is 0. The van der Waals surface area contributed by atoms with E-state index in [9.17, 15) is 26.4 Å². The summed E-state index contributed by atoms with van der Waals surface area (Å²) in [6.07, 6.45) is -4.61. The van der Waals surface area contributed by atoms with Gasteiger partial charge in [0.1, 0.15) is 5.75 Å². The topological polar surface area (TPSA) is 97.6 Å². The van der Waals surface area contributed by atoms with Gasteiger partial charge in [0.25, 0.3) is 15.9 Å². The fourth-order valence-electron chi connectivity index (χ4n) is 1.85. The smallest absolute Gasteiger partial charge is 0.416 e. The number of benzene rings is 1. The summed E-state index contributed by atoms with van der Waals surface area (Å²) < 4.78 is 73.3. The molecule has 0 unspecified atom stereocenters. The minimum absolute atomic E-state index is 0.00373. The zero-order valence-electron chi connectivity index (χ0n) is 13.0. The Kier molecular flexibility index (Phi) is 5.09. The molecule has 0 aliphatic heterocycles. The van der Waals surface area contributed by atoms with E-state index >= 15 is 0 Å². The predicted octanol–water partition coefficient (Wildman–Crippen LogP) is 2.47. The molecule has 0 spiro atoms. The van der Waals surface area contributed by atoms with Crippen LogP contribution >= 0.6 is 0 Å². The SMILES string of the molecule is CNS(=O)(=O)c1ccc(C(=O)Nc2cc(C(F)(F)F)ccc2OC)o1. The molecule has 136 valence electrons. The number of ether oxygens (including phenoxy) is 1. The van der Waals surface area contributed by atoms with E-state index in [0.29, 0.717) is 6.07 Å². The van der Waals surface area contributed by atoms with Gasteiger partial charge in [-0.3, -0.25) is 4.79 Å². The summed E-state index contributed by atoms with van der Waals surface area (Å²) in [5, 5.41) is 1.70. The van der Waals surface area contributed by atoms with Gasteiger partial charge in [-0.15, -0.1) is 0 Å². The van der Waals surface area contributed by atoms with Crippen LogP contribution in [0.4, 0.5) is 18.9 Å². The number of nitrogens with one attached hydrogen (secondary N) is 2. The third-order valence-electron chi connectivity index (χ3n) is 3.11. The fraction of sp³-hybridized carbons (Fsp3) is 0.214. The maximum Gasteiger partial charge on any atom is 0.416 e. The summed E-state index contributed by atoms with van der Waals surface area (Å²) in [6, 6.07) is 4.69. The van der Waals surface area contributed by atoms with Crippen molar-refractivity contribution in [1.29, 1.82) is 0 Å². The molecule has 2 rings (SSSR count). The van der Waals surface area contributed by atoms with Gasteiger partial charge in [0.15, 0.2) is 5.76 Å². The van der Waals surface area contributed by atoms with Gasteiger partial charge in [-0.25, -0.2) is 13.1 Å². The molecule has 2 aromatic rings. The Hall–Kier alpha value is -2.53. The number of halogens is 3. The van der Waals surface area contributed by atoms with Crippen LogP contribution in [-0.4, -0.2) is 28.5 Å². The van der Waals surface area contributed by atoms with Gasteiger partial charge in [0, 0.05) is 0 Å². The van der Waals surface area contributed by atoms with E-state index in [1.54, 1.807) is 0 Å². The van der Waals surface area contributed by atoms with Crippen molar-refractivity contribution in [3.05, 3.63) is 41.7 Å². The molecule has 2 N–H and O–H groups in total. The first-order valence-electron chi connectivity index (χ1n) is 6.68. The molecule has 1 aromatic carbocycles. The standard InChI is InChI=1S/C14H13F3N2O5S/c1-18-25(21,22)12-6-5-11(24-12)13(20)19-9-7-8(14(15,16)17)3-4-10(9)23-2/h3-7,18H,1-2H3,(H,19,20). The summed E-state index contributed by atoms with van der Waals surface area (Å²) in [7, 11) is -1.51. The fourth-order valence-corrected chi connectivity index (χ4v) is 2.50. The van der Waals surface area contributed by atoms with Crippen LogP contribution in [0.1, 0.15) is 16.1 Å². The van der Waals surface area contributed by atoms with Crippen molar-refractivity contribution in [3.8, 4) is 5.75 Å². The molecular weight excluding hydrogens is 365 g/mol. The van der Waals surface area contributed by atoms with Crippen molar-refractivity contribution < 1.29 is 35.5 Å². The van der Waals surface area contributed by atoms with Gasteiger partial charge in [0.2, 0.25) is 5.09 Å². The minimum atomic E-state index is -4.61. The lowest BCUT2D eigenvalue weighted by Crippen LogP contribution is -2.18. The molecule has 25 heavy (non-hydrogen) atoms. The third-order valence-corrected chi connectivity index (χ3v) is 4.40. The highest BCUT2D eigenvalue weighted by Crippen LogP contribution is 2.35. The monoisotopic (exact) mass is 378 g/mol. The molecule has 1 heterocycles. The van der Waals surface area contributed by atoms with E-state index in [-0.39, 0.29) is 11.4 Å². The summed E-state index contributed by atoms with van der Waals surface area (Å²) in [4.78, 5) is 12.1. The zero-order valence-corrected chi connectivity index (χ0v) is 13.8. The van der Waals surface area contributed by atoms with E-state index in [1.807, 2.05) is 4.72 Å². The Labute approximate surface area is 140 Å². The molecule has 1 aromatic heterocycles. The largest absolute Gasteiger partial charge is 0.495 e. The number of methoxy groups -OCH3 is 1. The Morgan fingerprint density at radius 3 is 2.44 bits per heavy atom. The quantitative estimate of drug-likeness (QED) is 0.833. The predicted molar refractivity (Wildman–Crippen MR) is 80.9 cm³/mol. The maximum absolute atomic E-state index is 12.8. The molecular formula is C14H13F3N2O5S. The minimum Gasteiger partial charge on any atom is -0.495 e. The summed E-state index contributed by atoms with van der Waals surface area (Å²) in [5.41, 5.74) is -1.22. The number of furan rings is 1. The Morgan fingerprint density at radius 2 is 1.88 bits per heavy atom. The maximum atomic E-state index is 12.8. The molecule has 0 radical (unpaired) electrons. The Balaban J connectivity index is 2.32. The van der Waals surface area contributed by atoms with Gasteiger partial charge in [-0.1, -0.05) is 0 Å². The Bertz CT molecular complexity index is 890. The van der Waals surface area contributed by atoms with Gasteiger partial charge in [0.05, 0.1) is 18.4 Å². The first kappa shape index (κ1) is 18.8. The molecule has 7 nitrogen and oxygen atoms in total. The zero-order chi connectivity index (χ0) is 18.8. The van der Waals surface area contributed by atoms with Crippen LogP contribution in [0.2, 0.25) is 0 Å². The number of hydrogen-bond acceptors (Lipinski definition) is 5. The van der Waals surface area contributed by atoms with Crippen LogP contribution < -0.4 is 14.8 Å². The van der Waals surface area contributed by atoms with Crippen LogP contribution in [0, 0.1) is 0 Å². The van der Waals surface area contributed by atoms with Gasteiger partial charge in [-0.2, -0.15) is 13.2 Å². The molecule has 0 bridgehead atoms. The van der Waals surface area contributed by atoms with Crippen molar-refractivity contribution in [2.75, 3.05) is 19.5 Å². The first-order valence-corrected chi connectivity index (χ1v) is 8.17. The highest BCUT2D eigenvalue weighted by molar-refractivity contribution is 7.89. The number of sulfonamides is 1. The highest BCUT2D eigenvalue weighted by atomic mass is 32.2. The number of carbonyl (C=O) groups excluding carboxylic acids is 1. The van der Waals surface area contributed by atoms with E-state index in [4.69, 9.17) is 9.15 Å². The second kappa shape index (κ2) is 6.76. The van der Waals surface area contributed by atoms with Crippen molar-refractivity contribution in [2.45, 2.75) is 11.3 Å². The van der Waals surface area contributed by atoms with E-state index in [2.05, 4.69) is 5.32 Å². The lowest BCUT2D eigenvalue weighted by molar-refractivity contribution is -0.137. The number of hydrogen-bond donors (Lipinski definition) is 2. The average Bonchev–Trinajstić information content (AvgIpc) is 3.05. The van der Waals surface area contributed by atoms with Gasteiger partial charge >= 0.3 is 6.18 Å². The van der Waals surface area contributed by atoms with Gasteiger partial charge in [-0.05, 0) is 37.4 Å². The molecule has 0 aliphatic carbocycles. The Morgan fingerprint density at radius 1 is 1.20 bits per heavy atom. The number of rotatable bonds is 5. The molecule has 0 aliphatic rings. The van der Waals surface area contributed by atoms with Crippen molar-refractivity contribution in [3.63, 3.8) is 0 Å². The number of anilines is 1. The molecule has 0 fully saturated rings. The molecule has 0 atom stereocenters. The number of amides is 1. The highest BCUT2D eigenvalue weighted by Gasteiger charge is 2.31. The van der Waals surface area contributed by atoms with Crippen LogP contribution in [0.5, 0.6) is 5.75 Å². The molecule has 11 heteroatoms. The third kappa shape index (κ3) is 4.12. The van der Waals surface area contributed by atoms with Crippen molar-refractivity contribution >= 4 is 21.6 Å². The lowest BCUT2D eigenvalue weighted by Gasteiger charge is -2.13. The average molecular weight is 378 g/mol. The molecule has 0 saturated heterocycles. The van der Waals surface area contributed by atoms with Crippen LogP contribution in [-0.2, 0) is 16.2 Å². The van der Waals surface area contributed by atoms with Crippen LogP contribution in [0.15, 0.2) is 39.8 Å². The number of alkyl halides is 3.